The van der Waals surface area contributed by atoms with Gasteiger partial charge < -0.3 is 10.1 Å². The first-order chi connectivity index (χ1) is 9.24. The van der Waals surface area contributed by atoms with E-state index in [9.17, 15) is 9.59 Å². The summed E-state index contributed by atoms with van der Waals surface area (Å²) in [7, 11) is 0. The van der Waals surface area contributed by atoms with Crippen LogP contribution in [0, 0.1) is 5.41 Å². The van der Waals surface area contributed by atoms with Crippen molar-refractivity contribution >= 4 is 52.5 Å². The van der Waals surface area contributed by atoms with Crippen LogP contribution in [-0.2, 0) is 14.3 Å². The van der Waals surface area contributed by atoms with Crippen molar-refractivity contribution in [1.82, 2.24) is 4.98 Å². The molecule has 0 bridgehead atoms. The molecule has 5 nitrogen and oxygen atoms in total. The average molecular weight is 338 g/mol. The number of carbonyl (C=O) groups is 2. The monoisotopic (exact) mass is 336 g/mol. The smallest absolute Gasteiger partial charge is 0.315 e. The van der Waals surface area contributed by atoms with Gasteiger partial charge >= 0.3 is 5.97 Å². The molecule has 0 spiro atoms. The topological polar surface area (TPSA) is 68.3 Å². The number of esters is 1. The number of halogens is 3. The molecular formula is C12H11Cl3N2O3. The van der Waals surface area contributed by atoms with Crippen molar-refractivity contribution in [2.45, 2.75) is 17.7 Å². The number of rotatable bonds is 4. The molecule has 1 saturated carbocycles. The number of anilines is 1. The van der Waals surface area contributed by atoms with Crippen molar-refractivity contribution in [3.63, 3.8) is 0 Å². The number of hydrogen-bond donors (Lipinski definition) is 1. The molecule has 1 N–H and O–H groups in total. The largest absolute Gasteiger partial charge is 0.455 e. The number of pyridine rings is 1. The second-order valence-corrected chi connectivity index (χ2v) is 6.62. The van der Waals surface area contributed by atoms with Crippen molar-refractivity contribution in [2.24, 2.45) is 5.41 Å². The maximum absolute atomic E-state index is 11.7. The van der Waals surface area contributed by atoms with Crippen LogP contribution in [0.1, 0.15) is 13.3 Å². The fraction of sp³-hybridized carbons (Fsp3) is 0.417. The van der Waals surface area contributed by atoms with Crippen molar-refractivity contribution < 1.29 is 14.3 Å². The van der Waals surface area contributed by atoms with Crippen LogP contribution in [0.15, 0.2) is 18.3 Å². The molecule has 8 heteroatoms. The Hall–Kier alpha value is -1.04. The van der Waals surface area contributed by atoms with Crippen molar-refractivity contribution in [2.75, 3.05) is 11.9 Å². The van der Waals surface area contributed by atoms with Gasteiger partial charge in [-0.15, -0.1) is 23.2 Å². The first-order valence-corrected chi connectivity index (χ1v) is 6.84. The molecule has 1 aliphatic rings. The molecule has 0 unspecified atom stereocenters. The van der Waals surface area contributed by atoms with Crippen LogP contribution in [0.25, 0.3) is 0 Å². The lowest BCUT2D eigenvalue weighted by molar-refractivity contribution is -0.152. The predicted molar refractivity (Wildman–Crippen MR) is 76.0 cm³/mol. The minimum atomic E-state index is -1.11. The highest BCUT2D eigenvalue weighted by atomic mass is 35.5. The maximum Gasteiger partial charge on any atom is 0.315 e. The van der Waals surface area contributed by atoms with Gasteiger partial charge in [0.05, 0.1) is 5.02 Å². The van der Waals surface area contributed by atoms with Crippen LogP contribution < -0.4 is 5.32 Å². The Labute approximate surface area is 130 Å². The fourth-order valence-corrected chi connectivity index (χ4v) is 2.34. The third-order valence-electron chi connectivity index (χ3n) is 3.04. The summed E-state index contributed by atoms with van der Waals surface area (Å²) in [4.78, 5) is 27.2. The van der Waals surface area contributed by atoms with E-state index in [0.717, 1.165) is 0 Å². The molecule has 20 heavy (non-hydrogen) atoms. The zero-order valence-corrected chi connectivity index (χ0v) is 12.7. The molecule has 0 aliphatic heterocycles. The van der Waals surface area contributed by atoms with Gasteiger partial charge in [0.15, 0.2) is 6.61 Å². The molecular weight excluding hydrogens is 327 g/mol. The molecule has 1 aromatic rings. The molecule has 0 aromatic carbocycles. The number of amides is 1. The minimum absolute atomic E-state index is 0.308. The zero-order chi connectivity index (χ0) is 15.0. The van der Waals surface area contributed by atoms with E-state index in [1.165, 1.54) is 12.3 Å². The van der Waals surface area contributed by atoms with Crippen LogP contribution in [0.2, 0.25) is 5.02 Å². The van der Waals surface area contributed by atoms with Gasteiger partial charge in [-0.3, -0.25) is 9.59 Å². The number of ether oxygens (including phenoxy) is 1. The summed E-state index contributed by atoms with van der Waals surface area (Å²) in [6, 6.07) is 3.11. The summed E-state index contributed by atoms with van der Waals surface area (Å²) in [6.45, 7) is 1.16. The highest BCUT2D eigenvalue weighted by Gasteiger charge is 2.69. The van der Waals surface area contributed by atoms with Crippen LogP contribution in [-0.4, -0.2) is 27.8 Å². The Morgan fingerprint density at radius 3 is 2.60 bits per heavy atom. The lowest BCUT2D eigenvalue weighted by Gasteiger charge is -2.11. The van der Waals surface area contributed by atoms with E-state index in [2.05, 4.69) is 10.3 Å². The van der Waals surface area contributed by atoms with E-state index in [1.54, 1.807) is 13.0 Å². The standard InChI is InChI=1S/C12H11Cl3N2O3/c1-11(6-12(11,14)15)10(19)20-5-9(18)17-8-3-2-7(13)4-16-8/h2-4H,5-6H2,1H3,(H,16,17,18)/t11-/m1/s1. The quantitative estimate of drug-likeness (QED) is 0.677. The lowest BCUT2D eigenvalue weighted by atomic mass is 10.1. The molecule has 1 heterocycles. The number of nitrogens with one attached hydrogen (secondary N) is 1. The summed E-state index contributed by atoms with van der Waals surface area (Å²) < 4.78 is 3.78. The van der Waals surface area contributed by atoms with Crippen LogP contribution in [0.3, 0.4) is 0 Å². The van der Waals surface area contributed by atoms with Crippen LogP contribution in [0.5, 0.6) is 0 Å². The van der Waals surface area contributed by atoms with Gasteiger partial charge in [0.2, 0.25) is 0 Å². The molecule has 108 valence electrons. The van der Waals surface area contributed by atoms with Crippen LogP contribution >= 0.6 is 34.8 Å². The van der Waals surface area contributed by atoms with E-state index < -0.39 is 28.2 Å². The molecule has 0 radical (unpaired) electrons. The molecule has 0 saturated heterocycles. The molecule has 1 aliphatic carbocycles. The zero-order valence-electron chi connectivity index (χ0n) is 10.5. The third kappa shape index (κ3) is 3.16. The van der Waals surface area contributed by atoms with E-state index in [0.29, 0.717) is 17.3 Å². The Kier molecular flexibility index (Phi) is 4.14. The molecule has 1 aromatic heterocycles. The lowest BCUT2D eigenvalue weighted by Crippen LogP contribution is -2.27. The van der Waals surface area contributed by atoms with Crippen LogP contribution in [0.4, 0.5) is 5.82 Å². The Morgan fingerprint density at radius 2 is 2.10 bits per heavy atom. The third-order valence-corrected chi connectivity index (χ3v) is 4.36. The first kappa shape index (κ1) is 15.4. The highest BCUT2D eigenvalue weighted by molar-refractivity contribution is 6.53. The molecule has 1 fully saturated rings. The summed E-state index contributed by atoms with van der Waals surface area (Å²) in [5, 5.41) is 2.92. The summed E-state index contributed by atoms with van der Waals surface area (Å²) in [6.07, 6.45) is 1.70. The number of carbonyl (C=O) groups excluding carboxylic acids is 2. The van der Waals surface area contributed by atoms with Gasteiger partial charge in [0, 0.05) is 12.6 Å². The molecule has 2 rings (SSSR count). The predicted octanol–water partition coefficient (Wildman–Crippen LogP) is 2.80. The van der Waals surface area contributed by atoms with Gasteiger partial charge in [-0.1, -0.05) is 11.6 Å². The van der Waals surface area contributed by atoms with Gasteiger partial charge in [-0.05, 0) is 19.1 Å². The fourth-order valence-electron chi connectivity index (χ4n) is 1.54. The second-order valence-electron chi connectivity index (χ2n) is 4.70. The summed E-state index contributed by atoms with van der Waals surface area (Å²) in [5.41, 5.74) is -0.949. The van der Waals surface area contributed by atoms with Gasteiger partial charge in [-0.2, -0.15) is 0 Å². The highest BCUT2D eigenvalue weighted by Crippen LogP contribution is 2.64. The number of nitrogens with zero attached hydrogens (tertiary/aromatic N) is 1. The maximum atomic E-state index is 11.7. The number of hydrogen-bond acceptors (Lipinski definition) is 4. The molecule has 1 amide bonds. The van der Waals surface area contributed by atoms with Gasteiger partial charge in [-0.25, -0.2) is 4.98 Å². The SMILES string of the molecule is C[C@]1(C(=O)OCC(=O)Nc2ccc(Cl)cn2)CC1(Cl)Cl. The van der Waals surface area contributed by atoms with Crippen molar-refractivity contribution in [3.8, 4) is 0 Å². The summed E-state index contributed by atoms with van der Waals surface area (Å²) in [5.74, 6) is -0.786. The van der Waals surface area contributed by atoms with E-state index >= 15 is 0 Å². The van der Waals surface area contributed by atoms with Gasteiger partial charge in [0.1, 0.15) is 15.6 Å². The normalized spacial score (nSPS) is 23.0. The molecule has 1 atom stereocenters. The average Bonchev–Trinajstić information content (AvgIpc) is 2.90. The second kappa shape index (κ2) is 5.39. The Morgan fingerprint density at radius 1 is 1.45 bits per heavy atom. The Balaban J connectivity index is 1.81. The first-order valence-electron chi connectivity index (χ1n) is 5.71. The number of aromatic nitrogens is 1. The van der Waals surface area contributed by atoms with E-state index in [4.69, 9.17) is 39.5 Å². The number of alkyl halides is 2. The van der Waals surface area contributed by atoms with E-state index in [1.807, 2.05) is 0 Å². The van der Waals surface area contributed by atoms with Gasteiger partial charge in [0.25, 0.3) is 5.91 Å². The summed E-state index contributed by atoms with van der Waals surface area (Å²) >= 11 is 17.4. The van der Waals surface area contributed by atoms with Crippen molar-refractivity contribution in [3.05, 3.63) is 23.4 Å². The van der Waals surface area contributed by atoms with Crippen molar-refractivity contribution in [1.29, 1.82) is 0 Å². The van der Waals surface area contributed by atoms with E-state index in [-0.39, 0.29) is 0 Å². The minimum Gasteiger partial charge on any atom is -0.455 e. The Bertz CT molecular complexity index is 547.